The van der Waals surface area contributed by atoms with E-state index in [9.17, 15) is 18.0 Å². The quantitative estimate of drug-likeness (QED) is 0.553. The molecule has 1 aliphatic rings. The maximum absolute atomic E-state index is 12.3. The van der Waals surface area contributed by atoms with Gasteiger partial charge in [0.15, 0.2) is 0 Å². The zero-order valence-corrected chi connectivity index (χ0v) is 20.7. The summed E-state index contributed by atoms with van der Waals surface area (Å²) in [7, 11) is 0. The van der Waals surface area contributed by atoms with Gasteiger partial charge in [-0.25, -0.2) is 0 Å². The fourth-order valence-corrected chi connectivity index (χ4v) is 3.94. The molecule has 2 aromatic carbocycles. The second-order valence-electron chi connectivity index (χ2n) is 7.45. The molecule has 2 aromatic rings. The number of carbonyl (C=O) groups excluding carboxylic acids is 2. The van der Waals surface area contributed by atoms with Crippen molar-refractivity contribution < 1.29 is 27.9 Å². The lowest BCUT2D eigenvalue weighted by Gasteiger charge is -2.19. The normalized spacial score (nSPS) is 15.6. The number of amides is 1. The van der Waals surface area contributed by atoms with Gasteiger partial charge in [0.25, 0.3) is 0 Å². The maximum atomic E-state index is 12.3. The molecular formula is C23H21Cl2F3N3O3S-. The molecular weight excluding hydrogens is 526 g/mol. The van der Waals surface area contributed by atoms with Gasteiger partial charge in [-0.15, -0.1) is 5.10 Å². The van der Waals surface area contributed by atoms with E-state index in [0.717, 1.165) is 17.0 Å². The number of carboxylic acids is 1. The van der Waals surface area contributed by atoms with Crippen LogP contribution >= 0.6 is 35.0 Å². The zero-order valence-electron chi connectivity index (χ0n) is 18.4. The number of nitrogens with one attached hydrogen (secondary N) is 1. The van der Waals surface area contributed by atoms with Crippen LogP contribution in [-0.2, 0) is 16.0 Å². The molecule has 3 rings (SSSR count). The van der Waals surface area contributed by atoms with Crippen molar-refractivity contribution in [3.63, 3.8) is 0 Å². The maximum Gasteiger partial charge on any atom is 0.430 e. The molecule has 188 valence electrons. The fraction of sp³-hybridized carbons (Fsp3) is 0.304. The van der Waals surface area contributed by atoms with Crippen molar-refractivity contribution in [1.82, 2.24) is 5.32 Å². The van der Waals surface area contributed by atoms with Gasteiger partial charge in [-0.3, -0.25) is 4.79 Å². The molecule has 0 saturated heterocycles. The number of alkyl halides is 3. The monoisotopic (exact) mass is 546 g/mol. The van der Waals surface area contributed by atoms with E-state index in [1.165, 1.54) is 17.3 Å². The lowest BCUT2D eigenvalue weighted by Crippen LogP contribution is -2.37. The zero-order chi connectivity index (χ0) is 26.0. The third-order valence-electron chi connectivity index (χ3n) is 4.70. The van der Waals surface area contributed by atoms with Crippen molar-refractivity contribution in [3.8, 4) is 0 Å². The number of halogens is 5. The smallest absolute Gasteiger partial charge is 0.430 e. The predicted molar refractivity (Wildman–Crippen MR) is 131 cm³/mol. The first-order chi connectivity index (χ1) is 16.5. The van der Waals surface area contributed by atoms with Gasteiger partial charge in [0.2, 0.25) is 5.91 Å². The summed E-state index contributed by atoms with van der Waals surface area (Å²) in [5, 5.41) is 22.1. The first kappa shape index (κ1) is 28.7. The highest BCUT2D eigenvalue weighted by molar-refractivity contribution is 8.14. The number of rotatable bonds is 7. The van der Waals surface area contributed by atoms with E-state index >= 15 is 0 Å². The van der Waals surface area contributed by atoms with Crippen LogP contribution in [0.1, 0.15) is 24.0 Å². The molecule has 1 N–H and O–H groups in total. The topological polar surface area (TPSA) is 94.0 Å². The van der Waals surface area contributed by atoms with Gasteiger partial charge in [0.1, 0.15) is 11.0 Å². The van der Waals surface area contributed by atoms with Gasteiger partial charge in [0.05, 0.1) is 5.75 Å². The van der Waals surface area contributed by atoms with Crippen molar-refractivity contribution >= 4 is 58.1 Å². The molecule has 2 atom stereocenters. The summed E-state index contributed by atoms with van der Waals surface area (Å²) >= 11 is 13.5. The van der Waals surface area contributed by atoms with Gasteiger partial charge >= 0.3 is 6.18 Å². The van der Waals surface area contributed by atoms with Gasteiger partial charge in [0, 0.05) is 34.6 Å². The Morgan fingerprint density at radius 1 is 1.09 bits per heavy atom. The van der Waals surface area contributed by atoms with E-state index in [-0.39, 0.29) is 17.7 Å². The molecule has 0 bridgehead atoms. The minimum absolute atomic E-state index is 0.0122. The highest BCUT2D eigenvalue weighted by atomic mass is 35.5. The number of thioether (sulfide) groups is 1. The van der Waals surface area contributed by atoms with E-state index in [0.29, 0.717) is 22.3 Å². The largest absolute Gasteiger partial charge is 0.542 e. The Morgan fingerprint density at radius 2 is 1.63 bits per heavy atom. The number of carboxylic acid groups (broad SMARTS) is 1. The summed E-state index contributed by atoms with van der Waals surface area (Å²) in [4.78, 5) is 21.1. The summed E-state index contributed by atoms with van der Waals surface area (Å²) in [6.45, 7) is 2.56. The molecule has 12 heteroatoms. The van der Waals surface area contributed by atoms with Crippen LogP contribution in [0.2, 0.25) is 10.0 Å². The van der Waals surface area contributed by atoms with Gasteiger partial charge in [-0.2, -0.15) is 18.3 Å². The molecule has 0 spiro atoms. The summed E-state index contributed by atoms with van der Waals surface area (Å²) in [6, 6.07) is 15.6. The van der Waals surface area contributed by atoms with Crippen molar-refractivity contribution in [2.75, 3.05) is 12.3 Å². The molecule has 0 radical (unpaired) electrons. The lowest BCUT2D eigenvalue weighted by atomic mass is 9.92. The van der Waals surface area contributed by atoms with Crippen LogP contribution in [-0.4, -0.2) is 41.6 Å². The Morgan fingerprint density at radius 3 is 2.11 bits per heavy atom. The summed E-state index contributed by atoms with van der Waals surface area (Å²) < 4.78 is 31.5. The first-order valence-corrected chi connectivity index (χ1v) is 12.0. The molecule has 1 heterocycles. The Hall–Kier alpha value is -2.56. The fourth-order valence-electron chi connectivity index (χ4n) is 2.88. The van der Waals surface area contributed by atoms with Gasteiger partial charge in [-0.05, 0) is 41.8 Å². The summed E-state index contributed by atoms with van der Waals surface area (Å²) in [6.07, 6.45) is -2.62. The van der Waals surface area contributed by atoms with Crippen LogP contribution in [0, 0.1) is 5.92 Å². The number of aliphatic carboxylic acids is 1. The standard InChI is InChI=1S/C21H21Cl2N3OS.C2HF3O2/c1-14-11-25-26-21(14)28-13-20(27)24-12-17(16-4-8-19(23)9-5-16)10-15-2-6-18(22)7-3-15;3-2(4,5)1(6)7/h2-9,11,14,17H,10,12-13H2,1H3,(H,24,27);(H,6,7)/p-1/t14?,17-;/m0./s1. The van der Waals surface area contributed by atoms with E-state index in [2.05, 4.69) is 15.5 Å². The average Bonchev–Trinajstić information content (AvgIpc) is 3.21. The molecule has 1 aliphatic heterocycles. The van der Waals surface area contributed by atoms with Crippen molar-refractivity contribution in [1.29, 1.82) is 0 Å². The number of hydrogen-bond donors (Lipinski definition) is 1. The lowest BCUT2D eigenvalue weighted by molar-refractivity contribution is -0.344. The number of nitrogens with zero attached hydrogens (tertiary/aromatic N) is 2. The summed E-state index contributed by atoms with van der Waals surface area (Å²) in [5.41, 5.74) is 2.30. The van der Waals surface area contributed by atoms with Crippen LogP contribution in [0.4, 0.5) is 13.2 Å². The Labute approximate surface area is 214 Å². The van der Waals surface area contributed by atoms with E-state index in [1.807, 2.05) is 55.5 Å². The predicted octanol–water partition coefficient (Wildman–Crippen LogP) is 4.50. The minimum atomic E-state index is -5.19. The van der Waals surface area contributed by atoms with Crippen LogP contribution in [0.3, 0.4) is 0 Å². The second kappa shape index (κ2) is 13.5. The third kappa shape index (κ3) is 10.3. The van der Waals surface area contributed by atoms with Gasteiger partial charge < -0.3 is 15.2 Å². The molecule has 0 fully saturated rings. The Kier molecular flexibility index (Phi) is 11.1. The van der Waals surface area contributed by atoms with E-state index in [4.69, 9.17) is 33.1 Å². The van der Waals surface area contributed by atoms with Crippen LogP contribution in [0.25, 0.3) is 0 Å². The van der Waals surface area contributed by atoms with Crippen LogP contribution < -0.4 is 10.4 Å². The molecule has 0 aliphatic carbocycles. The van der Waals surface area contributed by atoms with Crippen molar-refractivity contribution in [3.05, 3.63) is 69.7 Å². The van der Waals surface area contributed by atoms with E-state index < -0.39 is 12.1 Å². The van der Waals surface area contributed by atoms with Crippen molar-refractivity contribution in [2.24, 2.45) is 16.1 Å². The molecule has 0 aromatic heterocycles. The van der Waals surface area contributed by atoms with Gasteiger partial charge in [-0.1, -0.05) is 66.2 Å². The highest BCUT2D eigenvalue weighted by Gasteiger charge is 2.28. The van der Waals surface area contributed by atoms with Crippen LogP contribution in [0.5, 0.6) is 0 Å². The Balaban J connectivity index is 0.000000540. The molecule has 0 saturated carbocycles. The first-order valence-electron chi connectivity index (χ1n) is 10.2. The average molecular weight is 547 g/mol. The van der Waals surface area contributed by atoms with Crippen molar-refractivity contribution in [2.45, 2.75) is 25.4 Å². The second-order valence-corrected chi connectivity index (χ2v) is 9.32. The van der Waals surface area contributed by atoms with Crippen LogP contribution in [0.15, 0.2) is 58.7 Å². The molecule has 35 heavy (non-hydrogen) atoms. The number of hydrogen-bond acceptors (Lipinski definition) is 6. The number of benzene rings is 2. The Bertz CT molecular complexity index is 1060. The third-order valence-corrected chi connectivity index (χ3v) is 6.36. The molecule has 1 amide bonds. The molecule has 6 nitrogen and oxygen atoms in total. The highest BCUT2D eigenvalue weighted by Crippen LogP contribution is 2.23. The molecule has 1 unspecified atom stereocenters. The summed E-state index contributed by atoms with van der Waals surface area (Å²) in [5.74, 6) is -2.36. The number of carbonyl (C=O) groups is 2. The van der Waals surface area contributed by atoms with E-state index in [1.54, 1.807) is 6.21 Å². The minimum Gasteiger partial charge on any atom is -0.542 e. The SMILES string of the molecule is CC1C=NN=C1SCC(=O)NC[C@H](Cc1ccc(Cl)cc1)c1ccc(Cl)cc1.O=C([O-])C(F)(F)F.